The molecule has 0 saturated heterocycles. The smallest absolute Gasteiger partial charge is 0.227 e. The van der Waals surface area contributed by atoms with Gasteiger partial charge in [0, 0.05) is 12.1 Å². The summed E-state index contributed by atoms with van der Waals surface area (Å²) in [6, 6.07) is 3.70. The molecule has 0 atom stereocenters. The zero-order valence-corrected chi connectivity index (χ0v) is 12.1. The number of carbonyl (C=O) groups is 1. The number of pyridine rings is 1. The highest BCUT2D eigenvalue weighted by molar-refractivity contribution is 9.10. The zero-order chi connectivity index (χ0) is 12.8. The molecule has 0 bridgehead atoms. The van der Waals surface area contributed by atoms with Crippen LogP contribution in [0.1, 0.15) is 44.9 Å². The maximum absolute atomic E-state index is 12.2. The summed E-state index contributed by atoms with van der Waals surface area (Å²) in [4.78, 5) is 16.3. The predicted molar refractivity (Wildman–Crippen MR) is 76.4 cm³/mol. The van der Waals surface area contributed by atoms with E-state index in [0.717, 1.165) is 18.5 Å². The summed E-state index contributed by atoms with van der Waals surface area (Å²) in [5, 5.41) is 2.98. The summed E-state index contributed by atoms with van der Waals surface area (Å²) >= 11 is 3.35. The quantitative estimate of drug-likeness (QED) is 0.834. The second-order valence-electron chi connectivity index (χ2n) is 4.87. The van der Waals surface area contributed by atoms with Crippen LogP contribution in [-0.4, -0.2) is 10.9 Å². The molecule has 0 aromatic carbocycles. The minimum absolute atomic E-state index is 0.144. The molecule has 1 fully saturated rings. The van der Waals surface area contributed by atoms with Crippen molar-refractivity contribution in [3.05, 3.63) is 22.9 Å². The predicted octanol–water partition coefficient (Wildman–Crippen LogP) is 4.14. The summed E-state index contributed by atoms with van der Waals surface area (Å²) in [5.74, 6) is 0.308. The number of rotatable bonds is 2. The Morgan fingerprint density at radius 2 is 1.89 bits per heavy atom. The van der Waals surface area contributed by atoms with Gasteiger partial charge in [-0.3, -0.25) is 4.79 Å². The summed E-state index contributed by atoms with van der Waals surface area (Å²) in [6.07, 6.45) is 9.94. The minimum Gasteiger partial charge on any atom is -0.324 e. The maximum atomic E-state index is 12.2. The average Bonchev–Trinajstić information content (AvgIpc) is 2.31. The number of carbonyl (C=O) groups excluding carboxylic acids is 1. The Bertz CT molecular complexity index is 401. The van der Waals surface area contributed by atoms with Crippen molar-refractivity contribution in [2.45, 2.75) is 44.9 Å². The van der Waals surface area contributed by atoms with Crippen LogP contribution in [0.5, 0.6) is 0 Å². The molecule has 1 aromatic rings. The lowest BCUT2D eigenvalue weighted by molar-refractivity contribution is -0.120. The second-order valence-corrected chi connectivity index (χ2v) is 5.62. The molecule has 98 valence electrons. The molecule has 1 amide bonds. The van der Waals surface area contributed by atoms with E-state index >= 15 is 0 Å². The third-order valence-corrected chi connectivity index (χ3v) is 4.12. The third kappa shape index (κ3) is 3.80. The normalized spacial score (nSPS) is 17.8. The highest BCUT2D eigenvalue weighted by Crippen LogP contribution is 2.25. The van der Waals surface area contributed by atoms with Crippen molar-refractivity contribution in [3.63, 3.8) is 0 Å². The topological polar surface area (TPSA) is 42.0 Å². The third-order valence-electron chi connectivity index (χ3n) is 3.49. The van der Waals surface area contributed by atoms with Crippen LogP contribution in [0, 0.1) is 5.92 Å². The molecule has 1 N–H and O–H groups in total. The summed E-state index contributed by atoms with van der Waals surface area (Å²) < 4.78 is 0.698. The number of amides is 1. The van der Waals surface area contributed by atoms with Gasteiger partial charge in [0.25, 0.3) is 0 Å². The number of nitrogens with one attached hydrogen (secondary N) is 1. The lowest BCUT2D eigenvalue weighted by Gasteiger charge is -2.19. The van der Waals surface area contributed by atoms with Gasteiger partial charge in [0.15, 0.2) is 0 Å². The SMILES string of the molecule is O=C(Nc1cccnc1Br)C1CCCCCCC1. The molecule has 0 radical (unpaired) electrons. The number of hydrogen-bond acceptors (Lipinski definition) is 2. The zero-order valence-electron chi connectivity index (χ0n) is 10.5. The van der Waals surface area contributed by atoms with E-state index < -0.39 is 0 Å². The summed E-state index contributed by atoms with van der Waals surface area (Å²) in [5.41, 5.74) is 0.768. The van der Waals surface area contributed by atoms with Crippen molar-refractivity contribution >= 4 is 27.5 Å². The molecule has 1 aliphatic carbocycles. The number of nitrogens with zero attached hydrogens (tertiary/aromatic N) is 1. The van der Waals surface area contributed by atoms with Gasteiger partial charge in [-0.1, -0.05) is 32.1 Å². The number of hydrogen-bond donors (Lipinski definition) is 1. The molecule has 1 saturated carbocycles. The summed E-state index contributed by atoms with van der Waals surface area (Å²) in [6.45, 7) is 0. The first-order valence-corrected chi connectivity index (χ1v) is 7.48. The van der Waals surface area contributed by atoms with Gasteiger partial charge in [0.1, 0.15) is 4.60 Å². The molecular formula is C14H19BrN2O. The van der Waals surface area contributed by atoms with E-state index in [0.29, 0.717) is 4.60 Å². The van der Waals surface area contributed by atoms with Crippen LogP contribution in [0.3, 0.4) is 0 Å². The van der Waals surface area contributed by atoms with E-state index in [-0.39, 0.29) is 11.8 Å². The fourth-order valence-corrected chi connectivity index (χ4v) is 2.78. The van der Waals surface area contributed by atoms with Gasteiger partial charge in [-0.2, -0.15) is 0 Å². The van der Waals surface area contributed by atoms with Gasteiger partial charge in [0.05, 0.1) is 5.69 Å². The molecule has 1 heterocycles. The Balaban J connectivity index is 1.96. The largest absolute Gasteiger partial charge is 0.324 e. The van der Waals surface area contributed by atoms with Gasteiger partial charge >= 0.3 is 0 Å². The van der Waals surface area contributed by atoms with Gasteiger partial charge in [-0.25, -0.2) is 4.98 Å². The fourth-order valence-electron chi connectivity index (χ4n) is 2.43. The van der Waals surface area contributed by atoms with Crippen molar-refractivity contribution in [1.29, 1.82) is 0 Å². The minimum atomic E-state index is 0.144. The maximum Gasteiger partial charge on any atom is 0.227 e. The van der Waals surface area contributed by atoms with Crippen LogP contribution in [0.15, 0.2) is 22.9 Å². The lowest BCUT2D eigenvalue weighted by atomic mass is 9.90. The van der Waals surface area contributed by atoms with E-state index in [1.54, 1.807) is 6.20 Å². The molecule has 1 aliphatic rings. The van der Waals surface area contributed by atoms with Gasteiger partial charge < -0.3 is 5.32 Å². The Morgan fingerprint density at radius 1 is 1.22 bits per heavy atom. The Morgan fingerprint density at radius 3 is 2.56 bits per heavy atom. The molecule has 1 aromatic heterocycles. The first-order chi connectivity index (χ1) is 8.77. The van der Waals surface area contributed by atoms with Crippen LogP contribution >= 0.6 is 15.9 Å². The molecule has 0 spiro atoms. The van der Waals surface area contributed by atoms with Gasteiger partial charge in [0.2, 0.25) is 5.91 Å². The Labute approximate surface area is 117 Å². The van der Waals surface area contributed by atoms with Gasteiger partial charge in [-0.05, 0) is 40.9 Å². The second kappa shape index (κ2) is 6.88. The van der Waals surface area contributed by atoms with Crippen LogP contribution in [0.25, 0.3) is 0 Å². The molecule has 3 nitrogen and oxygen atoms in total. The highest BCUT2D eigenvalue weighted by atomic mass is 79.9. The van der Waals surface area contributed by atoms with E-state index in [1.165, 1.54) is 32.1 Å². The van der Waals surface area contributed by atoms with Crippen molar-refractivity contribution in [2.75, 3.05) is 5.32 Å². The Kier molecular flexibility index (Phi) is 5.17. The highest BCUT2D eigenvalue weighted by Gasteiger charge is 2.19. The van der Waals surface area contributed by atoms with E-state index in [4.69, 9.17) is 0 Å². The number of anilines is 1. The van der Waals surface area contributed by atoms with Crippen molar-refractivity contribution in [3.8, 4) is 0 Å². The van der Waals surface area contributed by atoms with Crippen LogP contribution in [-0.2, 0) is 4.79 Å². The number of aromatic nitrogens is 1. The Hall–Kier alpha value is -0.900. The van der Waals surface area contributed by atoms with E-state index in [9.17, 15) is 4.79 Å². The fraction of sp³-hybridized carbons (Fsp3) is 0.571. The standard InChI is InChI=1S/C14H19BrN2O/c15-13-12(9-6-10-16-13)17-14(18)11-7-4-2-1-3-5-8-11/h6,9-11H,1-5,7-8H2,(H,17,18). The van der Waals surface area contributed by atoms with Crippen molar-refractivity contribution in [2.24, 2.45) is 5.92 Å². The molecule has 0 unspecified atom stereocenters. The molecule has 4 heteroatoms. The van der Waals surface area contributed by atoms with Crippen molar-refractivity contribution in [1.82, 2.24) is 4.98 Å². The lowest BCUT2D eigenvalue weighted by Crippen LogP contribution is -2.23. The van der Waals surface area contributed by atoms with E-state index in [1.807, 2.05) is 12.1 Å². The first-order valence-electron chi connectivity index (χ1n) is 6.69. The summed E-state index contributed by atoms with van der Waals surface area (Å²) in [7, 11) is 0. The molecule has 2 rings (SSSR count). The van der Waals surface area contributed by atoms with Crippen LogP contribution < -0.4 is 5.32 Å². The van der Waals surface area contributed by atoms with Crippen LogP contribution in [0.4, 0.5) is 5.69 Å². The monoisotopic (exact) mass is 310 g/mol. The van der Waals surface area contributed by atoms with E-state index in [2.05, 4.69) is 26.2 Å². The molecule has 18 heavy (non-hydrogen) atoms. The number of halogens is 1. The van der Waals surface area contributed by atoms with Gasteiger partial charge in [-0.15, -0.1) is 0 Å². The molecule has 0 aliphatic heterocycles. The first kappa shape index (κ1) is 13.5. The van der Waals surface area contributed by atoms with Crippen LogP contribution in [0.2, 0.25) is 0 Å². The molecular weight excluding hydrogens is 292 g/mol. The average molecular weight is 311 g/mol. The van der Waals surface area contributed by atoms with Crippen molar-refractivity contribution < 1.29 is 4.79 Å².